The molecular formula is C14H18N2O5. The first-order chi connectivity index (χ1) is 10.0. The molecule has 0 aromatic rings. The highest BCUT2D eigenvalue weighted by Gasteiger charge is 2.52. The third-order valence-electron chi connectivity index (χ3n) is 3.53. The van der Waals surface area contributed by atoms with Gasteiger partial charge < -0.3 is 15.2 Å². The monoisotopic (exact) mass is 294 g/mol. The standard InChI is InChI=1S/C14H18N2O5/c1-3-7-21-14(19)11-8(13(18)20-4-2)5-6-9-10(15)12(17)16(9)11/h3,9-10H,1,4-7,15H2,2H3/t9-,10-/m0/s1. The maximum Gasteiger partial charge on any atom is 0.355 e. The Balaban J connectivity index is 2.35. The number of carbonyl (C=O) groups excluding carboxylic acids is 3. The van der Waals surface area contributed by atoms with Gasteiger partial charge in [0.25, 0.3) is 0 Å². The Hall–Kier alpha value is -2.15. The zero-order valence-corrected chi connectivity index (χ0v) is 11.8. The van der Waals surface area contributed by atoms with Crippen LogP contribution in [0.1, 0.15) is 19.8 Å². The first-order valence-electron chi connectivity index (χ1n) is 6.79. The molecule has 114 valence electrons. The van der Waals surface area contributed by atoms with E-state index in [1.807, 2.05) is 0 Å². The second-order valence-electron chi connectivity index (χ2n) is 4.77. The summed E-state index contributed by atoms with van der Waals surface area (Å²) >= 11 is 0. The van der Waals surface area contributed by atoms with Crippen LogP contribution in [0.2, 0.25) is 0 Å². The molecule has 2 aliphatic rings. The van der Waals surface area contributed by atoms with Crippen LogP contribution in [-0.2, 0) is 23.9 Å². The molecule has 0 saturated carbocycles. The molecule has 7 nitrogen and oxygen atoms in total. The third kappa shape index (κ3) is 2.56. The minimum Gasteiger partial charge on any atom is -0.463 e. The summed E-state index contributed by atoms with van der Waals surface area (Å²) in [5, 5.41) is 0. The van der Waals surface area contributed by atoms with E-state index in [9.17, 15) is 14.4 Å². The smallest absolute Gasteiger partial charge is 0.355 e. The zero-order chi connectivity index (χ0) is 15.6. The zero-order valence-electron chi connectivity index (χ0n) is 11.8. The van der Waals surface area contributed by atoms with E-state index in [0.717, 1.165) is 0 Å². The molecule has 2 N–H and O–H groups in total. The number of nitrogens with zero attached hydrogens (tertiary/aromatic N) is 1. The van der Waals surface area contributed by atoms with Crippen LogP contribution in [0.5, 0.6) is 0 Å². The van der Waals surface area contributed by atoms with E-state index in [1.165, 1.54) is 11.0 Å². The van der Waals surface area contributed by atoms with Crippen LogP contribution in [-0.4, -0.2) is 48.0 Å². The van der Waals surface area contributed by atoms with E-state index < -0.39 is 18.0 Å². The number of fused-ring (bicyclic) bond motifs is 1. The molecule has 1 saturated heterocycles. The summed E-state index contributed by atoms with van der Waals surface area (Å²) in [4.78, 5) is 37.3. The van der Waals surface area contributed by atoms with Crippen LogP contribution >= 0.6 is 0 Å². The summed E-state index contributed by atoms with van der Waals surface area (Å²) in [6, 6.07) is -0.891. The van der Waals surface area contributed by atoms with E-state index in [2.05, 4.69) is 6.58 Å². The van der Waals surface area contributed by atoms with Crippen LogP contribution in [0.15, 0.2) is 23.9 Å². The number of hydrogen-bond donors (Lipinski definition) is 1. The molecule has 2 aliphatic heterocycles. The first kappa shape index (κ1) is 15.2. The average molecular weight is 294 g/mol. The Bertz CT molecular complexity index is 525. The van der Waals surface area contributed by atoms with Crippen molar-refractivity contribution in [3.05, 3.63) is 23.9 Å². The number of hydrogen-bond acceptors (Lipinski definition) is 6. The molecule has 2 rings (SSSR count). The van der Waals surface area contributed by atoms with Crippen LogP contribution < -0.4 is 5.73 Å². The predicted molar refractivity (Wildman–Crippen MR) is 72.7 cm³/mol. The van der Waals surface area contributed by atoms with E-state index in [4.69, 9.17) is 15.2 Å². The first-order valence-corrected chi connectivity index (χ1v) is 6.79. The summed E-state index contributed by atoms with van der Waals surface area (Å²) in [6.45, 7) is 5.31. The average Bonchev–Trinajstić information content (AvgIpc) is 2.50. The van der Waals surface area contributed by atoms with Gasteiger partial charge in [-0.1, -0.05) is 12.7 Å². The SMILES string of the molecule is C=CCOC(=O)C1=C(C(=O)OCC)CC[C@H]2[C@H](N)C(=O)N12. The lowest BCUT2D eigenvalue weighted by Gasteiger charge is -2.48. The maximum atomic E-state index is 12.1. The molecule has 0 aliphatic carbocycles. The fourth-order valence-electron chi connectivity index (χ4n) is 2.55. The van der Waals surface area contributed by atoms with Crippen LogP contribution in [0, 0.1) is 0 Å². The Labute approximate surface area is 122 Å². The van der Waals surface area contributed by atoms with E-state index >= 15 is 0 Å². The number of carbonyl (C=O) groups is 3. The largest absolute Gasteiger partial charge is 0.463 e. The highest BCUT2D eigenvalue weighted by molar-refractivity contribution is 6.06. The van der Waals surface area contributed by atoms with E-state index in [0.29, 0.717) is 12.8 Å². The molecule has 2 atom stereocenters. The molecule has 2 heterocycles. The van der Waals surface area contributed by atoms with Crippen molar-refractivity contribution in [2.75, 3.05) is 13.2 Å². The Morgan fingerprint density at radius 3 is 2.76 bits per heavy atom. The van der Waals surface area contributed by atoms with Gasteiger partial charge in [0.2, 0.25) is 5.91 Å². The summed E-state index contributed by atoms with van der Waals surface area (Å²) in [7, 11) is 0. The summed E-state index contributed by atoms with van der Waals surface area (Å²) in [5.74, 6) is -1.72. The summed E-state index contributed by atoms with van der Waals surface area (Å²) < 4.78 is 9.91. The molecule has 0 bridgehead atoms. The van der Waals surface area contributed by atoms with Crippen molar-refractivity contribution in [3.63, 3.8) is 0 Å². The van der Waals surface area contributed by atoms with Gasteiger partial charge in [-0.25, -0.2) is 9.59 Å². The van der Waals surface area contributed by atoms with Gasteiger partial charge in [-0.05, 0) is 19.8 Å². The molecule has 0 aromatic heterocycles. The highest BCUT2D eigenvalue weighted by Crippen LogP contribution is 2.36. The summed E-state index contributed by atoms with van der Waals surface area (Å²) in [5.41, 5.74) is 5.85. The van der Waals surface area contributed by atoms with Crippen molar-refractivity contribution in [1.82, 2.24) is 4.90 Å². The molecule has 21 heavy (non-hydrogen) atoms. The summed E-state index contributed by atoms with van der Waals surface area (Å²) in [6.07, 6.45) is 2.27. The fraction of sp³-hybridized carbons (Fsp3) is 0.500. The highest BCUT2D eigenvalue weighted by atomic mass is 16.5. The van der Waals surface area contributed by atoms with Gasteiger partial charge in [0.05, 0.1) is 18.2 Å². The Morgan fingerprint density at radius 1 is 1.43 bits per heavy atom. The fourth-order valence-corrected chi connectivity index (χ4v) is 2.55. The van der Waals surface area contributed by atoms with Gasteiger partial charge in [-0.15, -0.1) is 0 Å². The molecule has 0 spiro atoms. The van der Waals surface area contributed by atoms with Crippen molar-refractivity contribution < 1.29 is 23.9 Å². The molecule has 1 fully saturated rings. The Morgan fingerprint density at radius 2 is 2.14 bits per heavy atom. The lowest BCUT2D eigenvalue weighted by molar-refractivity contribution is -0.155. The Kier molecular flexibility index (Phi) is 4.42. The van der Waals surface area contributed by atoms with Crippen LogP contribution in [0.4, 0.5) is 0 Å². The van der Waals surface area contributed by atoms with E-state index in [1.54, 1.807) is 6.92 Å². The van der Waals surface area contributed by atoms with Crippen LogP contribution in [0.25, 0.3) is 0 Å². The predicted octanol–water partition coefficient (Wildman–Crippen LogP) is -0.135. The van der Waals surface area contributed by atoms with Gasteiger partial charge in [0.1, 0.15) is 18.3 Å². The van der Waals surface area contributed by atoms with E-state index in [-0.39, 0.29) is 36.4 Å². The van der Waals surface area contributed by atoms with Gasteiger partial charge in [-0.2, -0.15) is 0 Å². The topological polar surface area (TPSA) is 98.9 Å². The van der Waals surface area contributed by atoms with Gasteiger partial charge in [0.15, 0.2) is 0 Å². The second kappa shape index (κ2) is 6.09. The van der Waals surface area contributed by atoms with Gasteiger partial charge in [0, 0.05) is 0 Å². The number of β-lactam (4-membered cyclic amide) rings is 1. The molecule has 7 heteroatoms. The lowest BCUT2D eigenvalue weighted by atomic mass is 9.84. The number of ether oxygens (including phenoxy) is 2. The quantitative estimate of drug-likeness (QED) is 0.430. The molecule has 0 radical (unpaired) electrons. The molecule has 1 amide bonds. The van der Waals surface area contributed by atoms with Crippen molar-refractivity contribution in [2.24, 2.45) is 5.73 Å². The maximum absolute atomic E-state index is 12.1. The molecule has 0 aromatic carbocycles. The number of esters is 2. The van der Waals surface area contributed by atoms with Crippen molar-refractivity contribution in [2.45, 2.75) is 31.8 Å². The van der Waals surface area contributed by atoms with Gasteiger partial charge >= 0.3 is 11.9 Å². The van der Waals surface area contributed by atoms with Gasteiger partial charge in [-0.3, -0.25) is 9.69 Å². The molecule has 0 unspecified atom stereocenters. The van der Waals surface area contributed by atoms with Crippen molar-refractivity contribution in [3.8, 4) is 0 Å². The number of amides is 1. The minimum absolute atomic E-state index is 0.00279. The lowest BCUT2D eigenvalue weighted by Crippen LogP contribution is -2.70. The minimum atomic E-state index is -0.733. The van der Waals surface area contributed by atoms with Crippen molar-refractivity contribution >= 4 is 17.8 Å². The normalized spacial score (nSPS) is 24.1. The number of nitrogens with two attached hydrogens (primary N) is 1. The van der Waals surface area contributed by atoms with Crippen molar-refractivity contribution in [1.29, 1.82) is 0 Å². The third-order valence-corrected chi connectivity index (χ3v) is 3.53. The second-order valence-corrected chi connectivity index (χ2v) is 4.77. The molecular weight excluding hydrogens is 276 g/mol. The number of rotatable bonds is 5. The van der Waals surface area contributed by atoms with Crippen LogP contribution in [0.3, 0.4) is 0 Å².